The van der Waals surface area contributed by atoms with E-state index in [1.54, 1.807) is 7.11 Å². The lowest BCUT2D eigenvalue weighted by atomic mass is 10.1. The Hall–Kier alpha value is -2.09. The van der Waals surface area contributed by atoms with Crippen LogP contribution in [-0.2, 0) is 13.2 Å². The van der Waals surface area contributed by atoms with Crippen LogP contribution in [0.4, 0.5) is 0 Å². The largest absolute Gasteiger partial charge is 0.493 e. The summed E-state index contributed by atoms with van der Waals surface area (Å²) in [5.74, 6) is 2.14. The molecule has 1 fully saturated rings. The van der Waals surface area contributed by atoms with Crippen LogP contribution in [-0.4, -0.2) is 54.6 Å². The number of ether oxygens (including phenoxy) is 2. The number of nitrogens with one attached hydrogen (secondary N) is 1. The molecular weight excluding hydrogens is 370 g/mol. The van der Waals surface area contributed by atoms with E-state index in [1.807, 2.05) is 32.0 Å². The van der Waals surface area contributed by atoms with Crippen molar-refractivity contribution in [2.45, 2.75) is 52.4 Å². The highest BCUT2D eigenvalue weighted by molar-refractivity contribution is 5.43. The Morgan fingerprint density at radius 3 is 2.69 bits per heavy atom. The van der Waals surface area contributed by atoms with Crippen molar-refractivity contribution in [1.29, 1.82) is 0 Å². The van der Waals surface area contributed by atoms with E-state index in [4.69, 9.17) is 14.0 Å². The molecule has 2 N–H and O–H groups in total. The van der Waals surface area contributed by atoms with Crippen LogP contribution in [0.2, 0.25) is 0 Å². The molecule has 0 unspecified atom stereocenters. The van der Waals surface area contributed by atoms with Gasteiger partial charge in [0, 0.05) is 19.6 Å². The molecule has 0 radical (unpaired) electrons. The van der Waals surface area contributed by atoms with Gasteiger partial charge in [-0.05, 0) is 57.5 Å². The van der Waals surface area contributed by atoms with E-state index in [-0.39, 0.29) is 6.10 Å². The van der Waals surface area contributed by atoms with Gasteiger partial charge in [-0.3, -0.25) is 0 Å². The average molecular weight is 404 g/mol. The van der Waals surface area contributed by atoms with E-state index in [0.717, 1.165) is 42.2 Å². The molecule has 29 heavy (non-hydrogen) atoms. The van der Waals surface area contributed by atoms with E-state index in [0.29, 0.717) is 31.2 Å². The van der Waals surface area contributed by atoms with Gasteiger partial charge >= 0.3 is 0 Å². The Kier molecular flexibility index (Phi) is 7.91. The molecule has 0 amide bonds. The maximum atomic E-state index is 10.3. The number of aromatic nitrogens is 1. The summed E-state index contributed by atoms with van der Waals surface area (Å²) in [4.78, 5) is 2.35. The van der Waals surface area contributed by atoms with Gasteiger partial charge < -0.3 is 29.3 Å². The van der Waals surface area contributed by atoms with E-state index in [1.165, 1.54) is 19.3 Å². The fraction of sp³-hybridized carbons (Fsp3) is 0.591. The summed E-state index contributed by atoms with van der Waals surface area (Å²) in [6, 6.07) is 5.89. The molecule has 7 nitrogen and oxygen atoms in total. The van der Waals surface area contributed by atoms with Crippen molar-refractivity contribution in [2.24, 2.45) is 0 Å². The Labute approximate surface area is 173 Å². The third-order valence-electron chi connectivity index (χ3n) is 5.41. The predicted octanol–water partition coefficient (Wildman–Crippen LogP) is 2.82. The van der Waals surface area contributed by atoms with Crippen LogP contribution < -0.4 is 14.8 Å². The molecule has 3 rings (SSSR count). The number of piperidine rings is 1. The molecule has 2 heterocycles. The van der Waals surface area contributed by atoms with Crippen molar-refractivity contribution in [3.05, 3.63) is 40.8 Å². The Morgan fingerprint density at radius 1 is 1.21 bits per heavy atom. The second-order valence-corrected chi connectivity index (χ2v) is 7.72. The fourth-order valence-electron chi connectivity index (χ4n) is 3.69. The molecule has 1 saturated heterocycles. The molecule has 1 aromatic carbocycles. The van der Waals surface area contributed by atoms with Gasteiger partial charge in [0.25, 0.3) is 0 Å². The van der Waals surface area contributed by atoms with Crippen LogP contribution in [0.1, 0.15) is 41.8 Å². The second-order valence-electron chi connectivity index (χ2n) is 7.72. The van der Waals surface area contributed by atoms with Crippen molar-refractivity contribution in [2.75, 3.05) is 33.3 Å². The third kappa shape index (κ3) is 6.19. The third-order valence-corrected chi connectivity index (χ3v) is 5.41. The molecule has 0 saturated carbocycles. The summed E-state index contributed by atoms with van der Waals surface area (Å²) >= 11 is 0. The quantitative estimate of drug-likeness (QED) is 0.631. The molecule has 1 aliphatic rings. The van der Waals surface area contributed by atoms with E-state index in [9.17, 15) is 5.11 Å². The highest BCUT2D eigenvalue weighted by Gasteiger charge is 2.15. The first-order chi connectivity index (χ1) is 14.1. The number of methoxy groups -OCH3 is 1. The smallest absolute Gasteiger partial charge is 0.161 e. The number of likely N-dealkylation sites (tertiary alicyclic amines) is 1. The van der Waals surface area contributed by atoms with Gasteiger partial charge in [0.05, 0.1) is 24.5 Å². The average Bonchev–Trinajstić information content (AvgIpc) is 3.05. The first kappa shape index (κ1) is 21.6. The molecule has 1 atom stereocenters. The maximum absolute atomic E-state index is 10.3. The predicted molar refractivity (Wildman–Crippen MR) is 111 cm³/mol. The molecule has 0 spiro atoms. The van der Waals surface area contributed by atoms with Crippen molar-refractivity contribution >= 4 is 0 Å². The van der Waals surface area contributed by atoms with Crippen molar-refractivity contribution in [3.8, 4) is 11.5 Å². The van der Waals surface area contributed by atoms with Crippen molar-refractivity contribution < 1.29 is 19.1 Å². The molecule has 1 aromatic heterocycles. The highest BCUT2D eigenvalue weighted by Crippen LogP contribution is 2.29. The summed E-state index contributed by atoms with van der Waals surface area (Å²) in [5, 5.41) is 17.6. The van der Waals surface area contributed by atoms with Crippen LogP contribution in [0.25, 0.3) is 0 Å². The first-order valence-electron chi connectivity index (χ1n) is 10.4. The van der Waals surface area contributed by atoms with Gasteiger partial charge in [0.1, 0.15) is 12.4 Å². The second kappa shape index (κ2) is 10.6. The van der Waals surface area contributed by atoms with Crippen molar-refractivity contribution in [1.82, 2.24) is 15.4 Å². The molecule has 7 heteroatoms. The van der Waals surface area contributed by atoms with Crippen LogP contribution in [0.5, 0.6) is 11.5 Å². The zero-order chi connectivity index (χ0) is 20.6. The zero-order valence-corrected chi connectivity index (χ0v) is 17.7. The SMILES string of the molecule is COc1cc(CNC[C@H](O)CN2CCCCC2)ccc1OCc1c(C)noc1C. The molecular formula is C22H33N3O4. The minimum absolute atomic E-state index is 0.354. The van der Waals surface area contributed by atoms with Crippen LogP contribution in [0, 0.1) is 13.8 Å². The molecule has 160 valence electrons. The topological polar surface area (TPSA) is 80.0 Å². The monoisotopic (exact) mass is 403 g/mol. The summed E-state index contributed by atoms with van der Waals surface area (Å²) in [5.41, 5.74) is 2.88. The molecule has 0 bridgehead atoms. The zero-order valence-electron chi connectivity index (χ0n) is 17.7. The number of hydrogen-bond donors (Lipinski definition) is 2. The van der Waals surface area contributed by atoms with Gasteiger partial charge in [0.15, 0.2) is 11.5 Å². The summed E-state index contributed by atoms with van der Waals surface area (Å²) in [6.45, 7) is 8.35. The lowest BCUT2D eigenvalue weighted by Crippen LogP contribution is -2.40. The van der Waals surface area contributed by atoms with Gasteiger partial charge in [-0.15, -0.1) is 0 Å². The first-order valence-corrected chi connectivity index (χ1v) is 10.4. The van der Waals surface area contributed by atoms with Gasteiger partial charge in [-0.2, -0.15) is 0 Å². The van der Waals surface area contributed by atoms with E-state index in [2.05, 4.69) is 15.4 Å². The van der Waals surface area contributed by atoms with Gasteiger partial charge in [-0.1, -0.05) is 17.6 Å². The number of aliphatic hydroxyl groups excluding tert-OH is 1. The Morgan fingerprint density at radius 2 is 2.00 bits per heavy atom. The number of benzene rings is 1. The van der Waals surface area contributed by atoms with E-state index >= 15 is 0 Å². The van der Waals surface area contributed by atoms with Crippen LogP contribution in [0.15, 0.2) is 22.7 Å². The standard InChI is InChI=1S/C22H33N3O4/c1-16-20(17(2)29-24-16)15-28-21-8-7-18(11-22(21)27-3)12-23-13-19(26)14-25-9-5-4-6-10-25/h7-8,11,19,23,26H,4-6,9-10,12-15H2,1-3H3/t19-/m0/s1. The molecule has 2 aromatic rings. The number of β-amino-alcohol motifs (C(OH)–C–C–N with tert-alkyl or cyclic N) is 1. The van der Waals surface area contributed by atoms with Crippen LogP contribution in [0.3, 0.4) is 0 Å². The lowest BCUT2D eigenvalue weighted by molar-refractivity contribution is 0.1000. The van der Waals surface area contributed by atoms with Crippen molar-refractivity contribution in [3.63, 3.8) is 0 Å². The van der Waals surface area contributed by atoms with E-state index < -0.39 is 0 Å². The normalized spacial score (nSPS) is 16.0. The lowest BCUT2D eigenvalue weighted by Gasteiger charge is -2.28. The van der Waals surface area contributed by atoms with Gasteiger partial charge in [-0.25, -0.2) is 0 Å². The number of nitrogens with zero attached hydrogens (tertiary/aromatic N) is 2. The Balaban J connectivity index is 1.47. The molecule has 0 aliphatic carbocycles. The highest BCUT2D eigenvalue weighted by atomic mass is 16.5. The minimum Gasteiger partial charge on any atom is -0.493 e. The Bertz CT molecular complexity index is 752. The number of aryl methyl sites for hydroxylation is 2. The van der Waals surface area contributed by atoms with Crippen LogP contribution >= 0.6 is 0 Å². The summed E-state index contributed by atoms with van der Waals surface area (Å²) in [6.07, 6.45) is 3.44. The number of aliphatic hydroxyl groups is 1. The fourth-order valence-corrected chi connectivity index (χ4v) is 3.69. The number of rotatable bonds is 10. The summed E-state index contributed by atoms with van der Waals surface area (Å²) < 4.78 is 16.6. The summed E-state index contributed by atoms with van der Waals surface area (Å²) in [7, 11) is 1.64. The maximum Gasteiger partial charge on any atom is 0.161 e. The number of hydrogen-bond acceptors (Lipinski definition) is 7. The minimum atomic E-state index is -0.354. The molecule has 1 aliphatic heterocycles. The van der Waals surface area contributed by atoms with Gasteiger partial charge in [0.2, 0.25) is 0 Å².